The fourth-order valence-electron chi connectivity index (χ4n) is 4.16. The van der Waals surface area contributed by atoms with Gasteiger partial charge < -0.3 is 32.7 Å². The molecule has 9 heteroatoms. The van der Waals surface area contributed by atoms with E-state index >= 15 is 0 Å². The molecule has 0 radical (unpaired) electrons. The number of rotatable bonds is 17. The Kier molecular flexibility index (Phi) is 13.4. The third kappa shape index (κ3) is 10.6. The Hall–Kier alpha value is -1.20. The van der Waals surface area contributed by atoms with Gasteiger partial charge in [0.1, 0.15) is 6.10 Å². The van der Waals surface area contributed by atoms with Crippen LogP contribution >= 0.6 is 0 Å². The fourth-order valence-corrected chi connectivity index (χ4v) is 5.22. The summed E-state index contributed by atoms with van der Waals surface area (Å²) in [4.78, 5) is 0. The van der Waals surface area contributed by atoms with Crippen LogP contribution in [0, 0.1) is 0 Å². The number of benzene rings is 1. The lowest BCUT2D eigenvalue weighted by molar-refractivity contribution is -0.120. The van der Waals surface area contributed by atoms with Gasteiger partial charge in [-0.1, -0.05) is 57.2 Å². The van der Waals surface area contributed by atoms with Crippen molar-refractivity contribution < 1.29 is 32.7 Å². The molecule has 0 spiro atoms. The maximum atomic E-state index is 6.53. The van der Waals surface area contributed by atoms with E-state index in [1.165, 1.54) is 0 Å². The molecule has 1 aromatic rings. The molecule has 1 aliphatic heterocycles. The summed E-state index contributed by atoms with van der Waals surface area (Å²) in [5, 5.41) is 0.143. The largest absolute Gasteiger partial charge is 0.496 e. The van der Waals surface area contributed by atoms with Crippen molar-refractivity contribution in [2.45, 2.75) is 128 Å². The predicted molar refractivity (Wildman–Crippen MR) is 165 cm³/mol. The molecule has 1 saturated heterocycles. The summed E-state index contributed by atoms with van der Waals surface area (Å²) in [6, 6.07) is 10.2. The van der Waals surface area contributed by atoms with Gasteiger partial charge in [0.25, 0.3) is 0 Å². The highest BCUT2D eigenvalue weighted by Crippen LogP contribution is 2.38. The van der Waals surface area contributed by atoms with E-state index in [-0.39, 0.29) is 41.9 Å². The highest BCUT2D eigenvalue weighted by Gasteiger charge is 2.50. The molecule has 1 aromatic carbocycles. The zero-order valence-corrected chi connectivity index (χ0v) is 28.0. The van der Waals surface area contributed by atoms with Gasteiger partial charge in [0.05, 0.1) is 30.2 Å². The Morgan fingerprint density at radius 1 is 0.900 bits per heavy atom. The van der Waals surface area contributed by atoms with E-state index in [1.54, 1.807) is 20.5 Å². The minimum absolute atomic E-state index is 0.143. The van der Waals surface area contributed by atoms with Gasteiger partial charge in [-0.05, 0) is 64.2 Å². The van der Waals surface area contributed by atoms with Crippen molar-refractivity contribution in [2.24, 2.45) is 0 Å². The first-order valence-corrected chi connectivity index (χ1v) is 17.5. The van der Waals surface area contributed by atoms with Crippen molar-refractivity contribution in [1.29, 1.82) is 0 Å². The van der Waals surface area contributed by atoms with Crippen LogP contribution in [-0.2, 0) is 39.3 Å². The van der Waals surface area contributed by atoms with Crippen LogP contribution in [0.25, 0.3) is 0 Å². The van der Waals surface area contributed by atoms with Crippen molar-refractivity contribution in [3.8, 4) is 0 Å². The summed E-state index contributed by atoms with van der Waals surface area (Å²) in [6.07, 6.45) is 5.73. The highest BCUT2D eigenvalue weighted by atomic mass is 28.4. The van der Waals surface area contributed by atoms with Crippen LogP contribution < -0.4 is 0 Å². The molecule has 0 unspecified atom stereocenters. The molecule has 0 N–H and O–H groups in total. The van der Waals surface area contributed by atoms with Gasteiger partial charge in [0.15, 0.2) is 14.6 Å². The third-order valence-corrected chi connectivity index (χ3v) is 13.1. The quantitative estimate of drug-likeness (QED) is 0.109. The summed E-state index contributed by atoms with van der Waals surface area (Å²) in [6.45, 7) is 20.7. The van der Waals surface area contributed by atoms with E-state index in [9.17, 15) is 0 Å². The summed E-state index contributed by atoms with van der Waals surface area (Å²) in [5.41, 5.74) is 0.412. The number of hydrogen-bond donors (Lipinski definition) is 0. The van der Waals surface area contributed by atoms with Gasteiger partial charge in [0, 0.05) is 33.6 Å². The zero-order chi connectivity index (χ0) is 30.0. The molecule has 2 rings (SSSR count). The summed E-state index contributed by atoms with van der Waals surface area (Å²) >= 11 is 0. The number of methoxy groups -OCH3 is 2. The van der Waals surface area contributed by atoms with Gasteiger partial charge >= 0.3 is 7.12 Å². The van der Waals surface area contributed by atoms with Crippen LogP contribution in [0.4, 0.5) is 0 Å². The van der Waals surface area contributed by atoms with E-state index in [4.69, 9.17) is 32.7 Å². The minimum Gasteiger partial charge on any atom is -0.496 e. The van der Waals surface area contributed by atoms with Gasteiger partial charge in [0.2, 0.25) is 0 Å². The van der Waals surface area contributed by atoms with Crippen LogP contribution in [0.2, 0.25) is 24.5 Å². The third-order valence-electron chi connectivity index (χ3n) is 8.59. The second-order valence-corrected chi connectivity index (χ2v) is 18.0. The standard InChI is InChI=1S/C31H55BO7Si/c1-29(2,3)40(10,11)37-23-20-27(36-24-25-16-13-12-14-17-25)26(18-19-28(33-8)34-9)35-22-15-21-32-38-30(4,5)31(6,7)39-32/h12-17,22,26-28H,18-21,23-24H2,1-11H3/b22-15+/t26-,27-/m0/s1. The molecule has 1 aliphatic rings. The van der Waals surface area contributed by atoms with Gasteiger partial charge in [-0.2, -0.15) is 0 Å². The van der Waals surface area contributed by atoms with Gasteiger partial charge in [-0.3, -0.25) is 0 Å². The number of hydrogen-bond acceptors (Lipinski definition) is 7. The van der Waals surface area contributed by atoms with Crippen molar-refractivity contribution in [1.82, 2.24) is 0 Å². The van der Waals surface area contributed by atoms with Gasteiger partial charge in [-0.15, -0.1) is 0 Å². The van der Waals surface area contributed by atoms with Crippen molar-refractivity contribution in [3.05, 3.63) is 48.2 Å². The fraction of sp³-hybridized carbons (Fsp3) is 0.742. The van der Waals surface area contributed by atoms with Crippen molar-refractivity contribution in [3.63, 3.8) is 0 Å². The summed E-state index contributed by atoms with van der Waals surface area (Å²) in [5.74, 6) is 0. The molecule has 1 fully saturated rings. The molecule has 0 aliphatic carbocycles. The van der Waals surface area contributed by atoms with Crippen LogP contribution in [0.3, 0.4) is 0 Å². The van der Waals surface area contributed by atoms with Gasteiger partial charge in [-0.25, -0.2) is 0 Å². The first-order valence-electron chi connectivity index (χ1n) is 14.6. The molecule has 40 heavy (non-hydrogen) atoms. The smallest absolute Gasteiger partial charge is 0.461 e. The Morgan fingerprint density at radius 2 is 1.50 bits per heavy atom. The molecular formula is C31H55BO7Si. The minimum atomic E-state index is -1.89. The van der Waals surface area contributed by atoms with E-state index in [0.717, 1.165) is 12.0 Å². The van der Waals surface area contributed by atoms with Crippen LogP contribution in [-0.4, -0.2) is 66.0 Å². The number of allylic oxidation sites excluding steroid dienone is 1. The monoisotopic (exact) mass is 578 g/mol. The second-order valence-electron chi connectivity index (χ2n) is 13.2. The van der Waals surface area contributed by atoms with Crippen LogP contribution in [0.5, 0.6) is 0 Å². The van der Waals surface area contributed by atoms with Crippen LogP contribution in [0.1, 0.15) is 73.3 Å². The maximum absolute atomic E-state index is 6.53. The zero-order valence-electron chi connectivity index (χ0n) is 27.0. The normalized spacial score (nSPS) is 18.9. The summed E-state index contributed by atoms with van der Waals surface area (Å²) < 4.78 is 42.6. The first-order chi connectivity index (χ1) is 18.6. The molecule has 7 nitrogen and oxygen atoms in total. The Labute approximate surface area is 245 Å². The predicted octanol–water partition coefficient (Wildman–Crippen LogP) is 7.37. The summed E-state index contributed by atoms with van der Waals surface area (Å²) in [7, 11) is 1.12. The molecule has 0 amide bonds. The Balaban J connectivity index is 2.14. The van der Waals surface area contributed by atoms with E-state index < -0.39 is 8.32 Å². The lowest BCUT2D eigenvalue weighted by Gasteiger charge is -2.37. The Morgan fingerprint density at radius 3 is 2.05 bits per heavy atom. The Bertz CT molecular complexity index is 865. The van der Waals surface area contributed by atoms with Crippen LogP contribution in [0.15, 0.2) is 42.7 Å². The topological polar surface area (TPSA) is 64.6 Å². The average molecular weight is 579 g/mol. The lowest BCUT2D eigenvalue weighted by Crippen LogP contribution is -2.42. The van der Waals surface area contributed by atoms with E-state index in [2.05, 4.69) is 73.7 Å². The maximum Gasteiger partial charge on any atom is 0.461 e. The lowest BCUT2D eigenvalue weighted by atomic mass is 9.85. The van der Waals surface area contributed by atoms with E-state index in [0.29, 0.717) is 32.4 Å². The van der Waals surface area contributed by atoms with Crippen molar-refractivity contribution >= 4 is 15.4 Å². The van der Waals surface area contributed by atoms with Crippen molar-refractivity contribution in [2.75, 3.05) is 20.8 Å². The molecule has 1 heterocycles. The SMILES string of the molecule is COC(CC[C@H](O/C=C/CB1OC(C)(C)C(C)(C)O1)[C@H](CCO[Si](C)(C)C(C)(C)C)OCc1ccccc1)OC. The second kappa shape index (κ2) is 15.3. The molecule has 2 atom stereocenters. The molecule has 228 valence electrons. The average Bonchev–Trinajstić information content (AvgIpc) is 3.08. The number of ether oxygens (including phenoxy) is 4. The highest BCUT2D eigenvalue weighted by molar-refractivity contribution is 6.74. The first kappa shape index (κ1) is 35.0. The molecule has 0 saturated carbocycles. The molecular weight excluding hydrogens is 523 g/mol. The van der Waals surface area contributed by atoms with E-state index in [1.807, 2.05) is 24.3 Å². The molecule has 0 bridgehead atoms. The molecule has 0 aromatic heterocycles.